The van der Waals surface area contributed by atoms with E-state index >= 15 is 0 Å². The van der Waals surface area contributed by atoms with E-state index in [2.05, 4.69) is 56.8 Å². The molecular weight excluding hydrogens is 414 g/mol. The molecule has 7 heteroatoms. The van der Waals surface area contributed by atoms with E-state index in [1.165, 1.54) is 5.56 Å². The van der Waals surface area contributed by atoms with Crippen LogP contribution in [0.3, 0.4) is 0 Å². The van der Waals surface area contributed by atoms with Crippen LogP contribution >= 0.6 is 0 Å². The molecule has 33 heavy (non-hydrogen) atoms. The van der Waals surface area contributed by atoms with Crippen LogP contribution in [-0.2, 0) is 16.0 Å². The van der Waals surface area contributed by atoms with Gasteiger partial charge in [-0.15, -0.1) is 0 Å². The molecule has 3 aliphatic heterocycles. The number of benzene rings is 2. The topological polar surface area (TPSA) is 67.9 Å². The molecule has 3 saturated heterocycles. The molecule has 7 nitrogen and oxygen atoms in total. The van der Waals surface area contributed by atoms with Crippen LogP contribution < -0.4 is 15.5 Å². The van der Waals surface area contributed by atoms with E-state index in [9.17, 15) is 9.59 Å². The number of nitrogens with zero attached hydrogens (tertiary/aromatic N) is 3. The van der Waals surface area contributed by atoms with Crippen LogP contribution in [-0.4, -0.2) is 80.0 Å². The van der Waals surface area contributed by atoms with Gasteiger partial charge in [0.15, 0.2) is 0 Å². The number of hydrogen-bond donors (Lipinski definition) is 2. The van der Waals surface area contributed by atoms with Gasteiger partial charge in [0.1, 0.15) is 0 Å². The van der Waals surface area contributed by atoms with Crippen LogP contribution in [0.15, 0.2) is 54.6 Å². The summed E-state index contributed by atoms with van der Waals surface area (Å²) >= 11 is 0. The minimum absolute atomic E-state index is 0.329. The summed E-state index contributed by atoms with van der Waals surface area (Å²) in [6.45, 7) is 7.26. The highest BCUT2D eigenvalue weighted by Crippen LogP contribution is 2.24. The Kier molecular flexibility index (Phi) is 6.60. The first-order valence-electron chi connectivity index (χ1n) is 12.1. The largest absolute Gasteiger partial charge is 0.369 e. The lowest BCUT2D eigenvalue weighted by Crippen LogP contribution is -2.48. The summed E-state index contributed by atoms with van der Waals surface area (Å²) in [6.07, 6.45) is 2.18. The summed E-state index contributed by atoms with van der Waals surface area (Å²) in [7, 11) is 0. The van der Waals surface area contributed by atoms with Crippen molar-refractivity contribution in [3.63, 3.8) is 0 Å². The Morgan fingerprint density at radius 2 is 1.79 bits per heavy atom. The lowest BCUT2D eigenvalue weighted by Gasteiger charge is -2.36. The summed E-state index contributed by atoms with van der Waals surface area (Å²) in [6, 6.07) is 18.8. The van der Waals surface area contributed by atoms with Gasteiger partial charge < -0.3 is 20.4 Å². The Morgan fingerprint density at radius 3 is 2.58 bits per heavy atom. The van der Waals surface area contributed by atoms with Gasteiger partial charge in [-0.05, 0) is 42.5 Å². The van der Waals surface area contributed by atoms with Gasteiger partial charge >= 0.3 is 11.8 Å². The Morgan fingerprint density at radius 1 is 0.970 bits per heavy atom. The number of piperazine rings is 1. The predicted octanol–water partition coefficient (Wildman–Crippen LogP) is 1.81. The monoisotopic (exact) mass is 447 g/mol. The fraction of sp³-hybridized carbons (Fsp3) is 0.462. The molecule has 2 aromatic rings. The Bertz CT molecular complexity index is 962. The van der Waals surface area contributed by atoms with E-state index in [-0.39, 0.29) is 0 Å². The quantitative estimate of drug-likeness (QED) is 0.685. The number of carbonyl (C=O) groups excluding carboxylic acids is 2. The first-order valence-corrected chi connectivity index (χ1v) is 12.1. The van der Waals surface area contributed by atoms with Gasteiger partial charge in [-0.2, -0.15) is 0 Å². The molecule has 2 unspecified atom stereocenters. The van der Waals surface area contributed by atoms with Gasteiger partial charge in [-0.3, -0.25) is 14.5 Å². The number of rotatable bonds is 5. The number of nitrogens with one attached hydrogen (secondary N) is 2. The maximum Gasteiger partial charge on any atom is 0.313 e. The Hall–Kier alpha value is -2.90. The van der Waals surface area contributed by atoms with E-state index in [1.807, 2.05) is 18.2 Å². The van der Waals surface area contributed by atoms with Crippen LogP contribution in [0.4, 0.5) is 11.4 Å². The van der Waals surface area contributed by atoms with Crippen molar-refractivity contribution in [3.05, 3.63) is 60.2 Å². The Labute approximate surface area is 195 Å². The van der Waals surface area contributed by atoms with Gasteiger partial charge in [0.2, 0.25) is 0 Å². The minimum Gasteiger partial charge on any atom is -0.369 e. The van der Waals surface area contributed by atoms with E-state index in [4.69, 9.17) is 0 Å². The van der Waals surface area contributed by atoms with Crippen molar-refractivity contribution in [1.29, 1.82) is 0 Å². The van der Waals surface area contributed by atoms with Crippen molar-refractivity contribution in [3.8, 4) is 0 Å². The molecule has 3 fully saturated rings. The molecule has 2 aromatic carbocycles. The van der Waals surface area contributed by atoms with Gasteiger partial charge in [-0.1, -0.05) is 36.4 Å². The molecule has 3 aliphatic rings. The third-order valence-electron chi connectivity index (χ3n) is 7.11. The Balaban J connectivity index is 1.12. The standard InChI is InChI=1S/C26H33N5O2/c32-25(26(33)31-18-21-15-23(19-31)27-17-21)28-22-7-4-8-24(16-22)30-13-11-29(12-14-30)10-9-20-5-2-1-3-6-20/h1-8,16,21,23,27H,9-15,17-19H2,(H,28,32). The van der Waals surface area contributed by atoms with Crippen LogP contribution in [0.5, 0.6) is 0 Å². The van der Waals surface area contributed by atoms with Crippen molar-refractivity contribution < 1.29 is 9.59 Å². The molecule has 2 N–H and O–H groups in total. The van der Waals surface area contributed by atoms with Gasteiger partial charge in [0.05, 0.1) is 0 Å². The predicted molar refractivity (Wildman–Crippen MR) is 130 cm³/mol. The summed E-state index contributed by atoms with van der Waals surface area (Å²) in [4.78, 5) is 31.9. The molecule has 3 heterocycles. The van der Waals surface area contributed by atoms with Crippen molar-refractivity contribution in [1.82, 2.24) is 15.1 Å². The zero-order valence-electron chi connectivity index (χ0n) is 19.1. The fourth-order valence-corrected chi connectivity index (χ4v) is 5.27. The van der Waals surface area contributed by atoms with Crippen LogP contribution in [0, 0.1) is 5.92 Å². The lowest BCUT2D eigenvalue weighted by atomic mass is 10.00. The van der Waals surface area contributed by atoms with Gasteiger partial charge in [-0.25, -0.2) is 0 Å². The molecule has 0 spiro atoms. The molecule has 5 rings (SSSR count). The third-order valence-corrected chi connectivity index (χ3v) is 7.11. The van der Waals surface area contributed by atoms with E-state index < -0.39 is 11.8 Å². The number of likely N-dealkylation sites (tertiary alicyclic amines) is 1. The van der Waals surface area contributed by atoms with E-state index in [0.29, 0.717) is 30.7 Å². The van der Waals surface area contributed by atoms with Gasteiger partial charge in [0, 0.05) is 69.8 Å². The summed E-state index contributed by atoms with van der Waals surface area (Å²) in [5.41, 5.74) is 3.14. The maximum absolute atomic E-state index is 12.7. The van der Waals surface area contributed by atoms with E-state index in [1.54, 1.807) is 4.90 Å². The zero-order chi connectivity index (χ0) is 22.6. The van der Waals surface area contributed by atoms with Crippen LogP contribution in [0.1, 0.15) is 12.0 Å². The van der Waals surface area contributed by atoms with Crippen molar-refractivity contribution in [2.45, 2.75) is 18.9 Å². The number of carbonyl (C=O) groups is 2. The molecule has 174 valence electrons. The zero-order valence-corrected chi connectivity index (χ0v) is 19.1. The normalized spacial score (nSPS) is 22.9. The van der Waals surface area contributed by atoms with Crippen molar-refractivity contribution in [2.24, 2.45) is 5.92 Å². The minimum atomic E-state index is -0.542. The number of hydrogen-bond acceptors (Lipinski definition) is 5. The maximum atomic E-state index is 12.7. The molecule has 2 atom stereocenters. The number of fused-ring (bicyclic) bond motifs is 2. The van der Waals surface area contributed by atoms with Crippen LogP contribution in [0.25, 0.3) is 0 Å². The smallest absolute Gasteiger partial charge is 0.313 e. The van der Waals surface area contributed by atoms with E-state index in [0.717, 1.165) is 57.8 Å². The molecule has 2 bridgehead atoms. The van der Waals surface area contributed by atoms with Gasteiger partial charge in [0.25, 0.3) is 0 Å². The summed E-state index contributed by atoms with van der Waals surface area (Å²) < 4.78 is 0. The average molecular weight is 448 g/mol. The highest BCUT2D eigenvalue weighted by molar-refractivity contribution is 6.39. The number of anilines is 2. The SMILES string of the molecule is O=C(Nc1cccc(N2CCN(CCc3ccccc3)CC2)c1)C(=O)N1CC2CNC(C2)C1. The van der Waals surface area contributed by atoms with Crippen molar-refractivity contribution in [2.75, 3.05) is 62.6 Å². The number of amides is 2. The second-order valence-corrected chi connectivity index (χ2v) is 9.49. The van der Waals surface area contributed by atoms with Crippen LogP contribution in [0.2, 0.25) is 0 Å². The molecule has 2 amide bonds. The fourth-order valence-electron chi connectivity index (χ4n) is 5.27. The third kappa shape index (κ3) is 5.37. The number of piperidine rings is 1. The molecule has 0 saturated carbocycles. The first kappa shape index (κ1) is 21.9. The second kappa shape index (κ2) is 9.93. The first-order chi connectivity index (χ1) is 16.1. The molecule has 0 aliphatic carbocycles. The average Bonchev–Trinajstić information content (AvgIpc) is 3.20. The summed E-state index contributed by atoms with van der Waals surface area (Å²) in [5.74, 6) is -0.500. The molecule has 0 aromatic heterocycles. The highest BCUT2D eigenvalue weighted by atomic mass is 16.2. The molecule has 0 radical (unpaired) electrons. The lowest BCUT2D eigenvalue weighted by molar-refractivity contribution is -0.144. The summed E-state index contributed by atoms with van der Waals surface area (Å²) in [5, 5.41) is 6.25. The molecular formula is C26H33N5O2. The second-order valence-electron chi connectivity index (χ2n) is 9.49. The van der Waals surface area contributed by atoms with Crippen molar-refractivity contribution >= 4 is 23.2 Å². The highest BCUT2D eigenvalue weighted by Gasteiger charge is 2.36.